The average Bonchev–Trinajstić information content (AvgIpc) is 2.73. The quantitative estimate of drug-likeness (QED) is 0.754. The Labute approximate surface area is 122 Å². The lowest BCUT2D eigenvalue weighted by molar-refractivity contribution is -0.125. The van der Waals surface area contributed by atoms with Gasteiger partial charge in [0.2, 0.25) is 5.91 Å². The summed E-state index contributed by atoms with van der Waals surface area (Å²) >= 11 is 5.80. The van der Waals surface area contributed by atoms with Gasteiger partial charge in [0.1, 0.15) is 5.82 Å². The minimum Gasteiger partial charge on any atom is -0.382 e. The zero-order valence-electron chi connectivity index (χ0n) is 11.3. The van der Waals surface area contributed by atoms with Crippen LogP contribution in [-0.4, -0.2) is 12.5 Å². The topological polar surface area (TPSA) is 41.1 Å². The maximum Gasteiger partial charge on any atom is 0.232 e. The molecule has 1 aromatic carbocycles. The number of carbonyl (C=O) groups excluding carboxylic acids is 1. The molecule has 1 heterocycles. The Bertz CT molecular complexity index is 539. The summed E-state index contributed by atoms with van der Waals surface area (Å²) in [6.07, 6.45) is 6.28. The molecule has 0 aromatic heterocycles. The number of carbonyl (C=O) groups is 1. The van der Waals surface area contributed by atoms with Crippen LogP contribution < -0.4 is 10.6 Å². The Morgan fingerprint density at radius 2 is 1.80 bits per heavy atom. The first-order valence-corrected chi connectivity index (χ1v) is 7.53. The lowest BCUT2D eigenvalue weighted by atomic mass is 9.79. The van der Waals surface area contributed by atoms with Crippen LogP contribution in [0.4, 0.5) is 15.8 Å². The van der Waals surface area contributed by atoms with E-state index in [4.69, 9.17) is 11.6 Å². The van der Waals surface area contributed by atoms with E-state index in [1.807, 2.05) is 0 Å². The third-order valence-corrected chi connectivity index (χ3v) is 4.76. The maximum atomic E-state index is 13.6. The Morgan fingerprint density at radius 1 is 1.10 bits per heavy atom. The van der Waals surface area contributed by atoms with Gasteiger partial charge in [0, 0.05) is 12.6 Å². The molecule has 3 nitrogen and oxygen atoms in total. The SMILES string of the molecule is O=C1Nc2cc(Cl)c(F)cc2NCC12CCCCCC2. The molecule has 108 valence electrons. The fourth-order valence-electron chi connectivity index (χ4n) is 3.21. The minimum atomic E-state index is -0.469. The van der Waals surface area contributed by atoms with Gasteiger partial charge in [-0.15, -0.1) is 0 Å². The number of halogens is 2. The van der Waals surface area contributed by atoms with Crippen molar-refractivity contribution >= 4 is 28.9 Å². The van der Waals surface area contributed by atoms with Crippen LogP contribution >= 0.6 is 11.6 Å². The first-order valence-electron chi connectivity index (χ1n) is 7.15. The second-order valence-electron chi connectivity index (χ2n) is 5.81. The molecule has 2 aliphatic rings. The molecule has 1 saturated carbocycles. The predicted molar refractivity (Wildman–Crippen MR) is 78.7 cm³/mol. The molecule has 1 spiro atoms. The summed E-state index contributed by atoms with van der Waals surface area (Å²) in [5.41, 5.74) is 0.808. The maximum absolute atomic E-state index is 13.6. The Balaban J connectivity index is 1.93. The average molecular weight is 297 g/mol. The Kier molecular flexibility index (Phi) is 3.59. The number of anilines is 2. The number of amides is 1. The van der Waals surface area contributed by atoms with E-state index in [0.29, 0.717) is 17.9 Å². The highest BCUT2D eigenvalue weighted by Crippen LogP contribution is 2.40. The van der Waals surface area contributed by atoms with Gasteiger partial charge in [-0.25, -0.2) is 4.39 Å². The molecule has 1 aromatic rings. The molecule has 5 heteroatoms. The van der Waals surface area contributed by atoms with Crippen LogP contribution in [0.3, 0.4) is 0 Å². The lowest BCUT2D eigenvalue weighted by Gasteiger charge is -2.29. The number of hydrogen-bond acceptors (Lipinski definition) is 2. The fraction of sp³-hybridized carbons (Fsp3) is 0.533. The van der Waals surface area contributed by atoms with Crippen molar-refractivity contribution < 1.29 is 9.18 Å². The first kappa shape index (κ1) is 13.7. The molecule has 20 heavy (non-hydrogen) atoms. The fourth-order valence-corrected chi connectivity index (χ4v) is 3.37. The van der Waals surface area contributed by atoms with Crippen molar-refractivity contribution in [1.29, 1.82) is 0 Å². The number of hydrogen-bond donors (Lipinski definition) is 2. The second kappa shape index (κ2) is 5.24. The molecule has 1 fully saturated rings. The van der Waals surface area contributed by atoms with Crippen LogP contribution in [0.15, 0.2) is 12.1 Å². The van der Waals surface area contributed by atoms with Crippen molar-refractivity contribution in [3.63, 3.8) is 0 Å². The van der Waals surface area contributed by atoms with E-state index in [1.54, 1.807) is 0 Å². The van der Waals surface area contributed by atoms with Crippen LogP contribution in [0.2, 0.25) is 5.02 Å². The molecule has 0 unspecified atom stereocenters. The van der Waals surface area contributed by atoms with Crippen molar-refractivity contribution in [3.05, 3.63) is 23.0 Å². The van der Waals surface area contributed by atoms with Crippen LogP contribution in [-0.2, 0) is 4.79 Å². The number of rotatable bonds is 0. The van der Waals surface area contributed by atoms with Gasteiger partial charge >= 0.3 is 0 Å². The summed E-state index contributed by atoms with van der Waals surface area (Å²) in [5.74, 6) is -0.433. The molecule has 2 N–H and O–H groups in total. The van der Waals surface area contributed by atoms with Gasteiger partial charge in [0.15, 0.2) is 0 Å². The summed E-state index contributed by atoms with van der Waals surface area (Å²) in [5, 5.41) is 6.19. The number of benzene rings is 1. The minimum absolute atomic E-state index is 0.0302. The highest BCUT2D eigenvalue weighted by Gasteiger charge is 2.40. The molecule has 0 bridgehead atoms. The third kappa shape index (κ3) is 2.37. The third-order valence-electron chi connectivity index (χ3n) is 4.47. The molecule has 0 atom stereocenters. The molecular formula is C15H18ClFN2O. The van der Waals surface area contributed by atoms with E-state index in [1.165, 1.54) is 25.0 Å². The Morgan fingerprint density at radius 3 is 2.50 bits per heavy atom. The van der Waals surface area contributed by atoms with Gasteiger partial charge in [0.25, 0.3) is 0 Å². The van der Waals surface area contributed by atoms with E-state index in [-0.39, 0.29) is 16.3 Å². The van der Waals surface area contributed by atoms with E-state index < -0.39 is 5.82 Å². The number of fused-ring (bicyclic) bond motifs is 1. The zero-order valence-corrected chi connectivity index (χ0v) is 12.0. The van der Waals surface area contributed by atoms with Gasteiger partial charge in [-0.3, -0.25) is 4.79 Å². The highest BCUT2D eigenvalue weighted by molar-refractivity contribution is 6.31. The molecular weight excluding hydrogens is 279 g/mol. The van der Waals surface area contributed by atoms with Gasteiger partial charge in [-0.05, 0) is 18.9 Å². The molecule has 1 aliphatic carbocycles. The first-order chi connectivity index (χ1) is 9.61. The molecule has 0 radical (unpaired) electrons. The van der Waals surface area contributed by atoms with Crippen LogP contribution in [0.1, 0.15) is 38.5 Å². The summed E-state index contributed by atoms with van der Waals surface area (Å²) in [7, 11) is 0. The van der Waals surface area contributed by atoms with Gasteiger partial charge in [-0.1, -0.05) is 37.3 Å². The molecule has 3 rings (SSSR count). The van der Waals surface area contributed by atoms with E-state index in [2.05, 4.69) is 10.6 Å². The van der Waals surface area contributed by atoms with Gasteiger partial charge < -0.3 is 10.6 Å². The van der Waals surface area contributed by atoms with E-state index in [9.17, 15) is 9.18 Å². The van der Waals surface area contributed by atoms with Gasteiger partial charge in [-0.2, -0.15) is 0 Å². The summed E-state index contributed by atoms with van der Waals surface area (Å²) in [6.45, 7) is 0.562. The summed E-state index contributed by atoms with van der Waals surface area (Å²) in [6, 6.07) is 2.83. The normalized spacial score (nSPS) is 21.4. The van der Waals surface area contributed by atoms with Crippen molar-refractivity contribution in [2.45, 2.75) is 38.5 Å². The number of nitrogens with one attached hydrogen (secondary N) is 2. The van der Waals surface area contributed by atoms with Crippen LogP contribution in [0.25, 0.3) is 0 Å². The van der Waals surface area contributed by atoms with Gasteiger partial charge in [0.05, 0.1) is 21.8 Å². The van der Waals surface area contributed by atoms with Crippen molar-refractivity contribution in [2.24, 2.45) is 5.41 Å². The second-order valence-corrected chi connectivity index (χ2v) is 6.22. The molecule has 1 aliphatic heterocycles. The van der Waals surface area contributed by atoms with Crippen molar-refractivity contribution in [2.75, 3.05) is 17.2 Å². The molecule has 1 amide bonds. The van der Waals surface area contributed by atoms with E-state index >= 15 is 0 Å². The summed E-state index contributed by atoms with van der Waals surface area (Å²) in [4.78, 5) is 12.6. The van der Waals surface area contributed by atoms with Crippen LogP contribution in [0.5, 0.6) is 0 Å². The van der Waals surface area contributed by atoms with Crippen LogP contribution in [0, 0.1) is 11.2 Å². The largest absolute Gasteiger partial charge is 0.382 e. The Hall–Kier alpha value is -1.29. The lowest BCUT2D eigenvalue weighted by Crippen LogP contribution is -2.39. The zero-order chi connectivity index (χ0) is 14.2. The predicted octanol–water partition coefficient (Wildman–Crippen LogP) is 4.18. The van der Waals surface area contributed by atoms with Crippen molar-refractivity contribution in [1.82, 2.24) is 0 Å². The molecule has 0 saturated heterocycles. The highest BCUT2D eigenvalue weighted by atomic mass is 35.5. The monoisotopic (exact) mass is 296 g/mol. The smallest absolute Gasteiger partial charge is 0.232 e. The summed E-state index contributed by atoms with van der Waals surface area (Å²) < 4.78 is 13.6. The van der Waals surface area contributed by atoms with E-state index in [0.717, 1.165) is 25.7 Å². The van der Waals surface area contributed by atoms with Crippen molar-refractivity contribution in [3.8, 4) is 0 Å². The standard InChI is InChI=1S/C15H18ClFN2O/c16-10-7-13-12(8-11(10)17)18-9-15(14(20)19-13)5-3-1-2-4-6-15/h7-8,18H,1-6,9H2,(H,19,20).